The number of nitrogens with zero attached hydrogens (tertiary/aromatic N) is 2. The molecule has 0 aliphatic carbocycles. The number of aromatic nitrogens is 1. The van der Waals surface area contributed by atoms with Gasteiger partial charge in [0, 0.05) is 12.7 Å². The van der Waals surface area contributed by atoms with Gasteiger partial charge in [-0.05, 0) is 56.0 Å². The Morgan fingerprint density at radius 1 is 0.912 bits per heavy atom. The number of unbranched alkanes of at least 4 members (excludes halogenated alkanes) is 6. The van der Waals surface area contributed by atoms with Crippen LogP contribution in [0.5, 0.6) is 5.75 Å². The molecule has 0 saturated heterocycles. The maximum Gasteiger partial charge on any atom is 0.309 e. The van der Waals surface area contributed by atoms with Crippen LogP contribution in [0.25, 0.3) is 0 Å². The van der Waals surface area contributed by atoms with Gasteiger partial charge in [0.1, 0.15) is 18.2 Å². The van der Waals surface area contributed by atoms with E-state index >= 15 is 0 Å². The van der Waals surface area contributed by atoms with Crippen LogP contribution in [0.4, 0.5) is 5.82 Å². The van der Waals surface area contributed by atoms with Gasteiger partial charge in [-0.1, -0.05) is 70.6 Å². The minimum absolute atomic E-state index is 0.0923. The predicted octanol–water partition coefficient (Wildman–Crippen LogP) is 6.85. The first kappa shape index (κ1) is 27.7. The molecule has 34 heavy (non-hydrogen) atoms. The third-order valence-electron chi connectivity index (χ3n) is 6.15. The van der Waals surface area contributed by atoms with E-state index in [0.29, 0.717) is 19.6 Å². The molecule has 1 heterocycles. The Labute approximate surface area is 206 Å². The Balaban J connectivity index is 1.80. The van der Waals surface area contributed by atoms with Gasteiger partial charge in [-0.3, -0.25) is 4.79 Å². The first-order valence-corrected chi connectivity index (χ1v) is 13.2. The maximum atomic E-state index is 12.1. The van der Waals surface area contributed by atoms with E-state index < -0.39 is 0 Å². The van der Waals surface area contributed by atoms with E-state index in [-0.39, 0.29) is 11.9 Å². The van der Waals surface area contributed by atoms with E-state index in [1.165, 1.54) is 44.9 Å². The molecule has 0 bridgehead atoms. The number of carbonyl (C=O) groups excluding carboxylic acids is 1. The van der Waals surface area contributed by atoms with Gasteiger partial charge in [0.25, 0.3) is 0 Å². The van der Waals surface area contributed by atoms with Crippen LogP contribution < -0.4 is 9.64 Å². The summed E-state index contributed by atoms with van der Waals surface area (Å²) >= 11 is 0. The van der Waals surface area contributed by atoms with Gasteiger partial charge < -0.3 is 14.4 Å². The van der Waals surface area contributed by atoms with Crippen LogP contribution >= 0.6 is 0 Å². The average molecular weight is 469 g/mol. The molecule has 0 saturated carbocycles. The number of pyridine rings is 1. The largest absolute Gasteiger partial charge is 0.492 e. The highest BCUT2D eigenvalue weighted by Crippen LogP contribution is 2.19. The fraction of sp³-hybridized carbons (Fsp3) is 0.586. The zero-order valence-electron chi connectivity index (χ0n) is 21.5. The van der Waals surface area contributed by atoms with Gasteiger partial charge in [0.15, 0.2) is 0 Å². The van der Waals surface area contributed by atoms with Gasteiger partial charge in [0.05, 0.1) is 19.1 Å². The van der Waals surface area contributed by atoms with Crippen molar-refractivity contribution in [3.05, 3.63) is 54.2 Å². The standard InChI is InChI=1S/C29H44N2O3/c1-4-7-8-9-10-11-14-21-31(28-15-12-13-20-30-28)22-23-34-27-18-16-25(17-19-27)24-26(5-2)29(32)33-6-3/h12-13,15-20,26H,4-11,14,21-24H2,1-3H3. The third-order valence-corrected chi connectivity index (χ3v) is 6.15. The van der Waals surface area contributed by atoms with Gasteiger partial charge in [-0.2, -0.15) is 0 Å². The zero-order valence-corrected chi connectivity index (χ0v) is 21.5. The summed E-state index contributed by atoms with van der Waals surface area (Å²) in [4.78, 5) is 18.9. The number of hydrogen-bond acceptors (Lipinski definition) is 5. The monoisotopic (exact) mass is 468 g/mol. The molecule has 1 atom stereocenters. The van der Waals surface area contributed by atoms with Gasteiger partial charge in [-0.25, -0.2) is 4.98 Å². The molecule has 0 aliphatic rings. The van der Waals surface area contributed by atoms with E-state index in [2.05, 4.69) is 22.9 Å². The fourth-order valence-corrected chi connectivity index (χ4v) is 4.08. The predicted molar refractivity (Wildman–Crippen MR) is 140 cm³/mol. The van der Waals surface area contributed by atoms with Crippen LogP contribution in [-0.2, 0) is 16.0 Å². The van der Waals surface area contributed by atoms with E-state index in [1.807, 2.05) is 56.4 Å². The third kappa shape index (κ3) is 10.6. The quantitative estimate of drug-likeness (QED) is 0.177. The zero-order chi connectivity index (χ0) is 24.4. The van der Waals surface area contributed by atoms with Crippen LogP contribution in [0.3, 0.4) is 0 Å². The van der Waals surface area contributed by atoms with Crippen LogP contribution in [0.2, 0.25) is 0 Å². The first-order valence-electron chi connectivity index (χ1n) is 13.2. The van der Waals surface area contributed by atoms with E-state index in [9.17, 15) is 4.79 Å². The molecule has 188 valence electrons. The van der Waals surface area contributed by atoms with Crippen molar-refractivity contribution in [1.82, 2.24) is 4.98 Å². The summed E-state index contributed by atoms with van der Waals surface area (Å²) in [5, 5.41) is 0. The summed E-state index contributed by atoms with van der Waals surface area (Å²) in [6.07, 6.45) is 12.4. The van der Waals surface area contributed by atoms with Gasteiger partial charge in [0.2, 0.25) is 0 Å². The molecule has 0 fully saturated rings. The molecule has 1 unspecified atom stereocenters. The molecule has 5 heteroatoms. The Morgan fingerprint density at radius 3 is 2.29 bits per heavy atom. The summed E-state index contributed by atoms with van der Waals surface area (Å²) in [7, 11) is 0. The lowest BCUT2D eigenvalue weighted by atomic mass is 9.97. The molecular formula is C29H44N2O3. The average Bonchev–Trinajstić information content (AvgIpc) is 2.87. The molecule has 0 spiro atoms. The van der Waals surface area contributed by atoms with E-state index in [0.717, 1.165) is 36.6 Å². The summed E-state index contributed by atoms with van der Waals surface area (Å²) in [6.45, 7) is 8.96. The van der Waals surface area contributed by atoms with Crippen molar-refractivity contribution in [3.8, 4) is 5.75 Å². The fourth-order valence-electron chi connectivity index (χ4n) is 4.08. The van der Waals surface area contributed by atoms with Crippen LogP contribution in [0.1, 0.15) is 77.7 Å². The molecule has 0 amide bonds. The number of ether oxygens (including phenoxy) is 2. The van der Waals surface area contributed by atoms with Crippen LogP contribution in [0.15, 0.2) is 48.7 Å². The number of anilines is 1. The van der Waals surface area contributed by atoms with Crippen molar-refractivity contribution >= 4 is 11.8 Å². The Kier molecular flexibility index (Phi) is 13.8. The second-order valence-electron chi connectivity index (χ2n) is 8.85. The lowest BCUT2D eigenvalue weighted by molar-refractivity contribution is -0.148. The molecule has 1 aromatic heterocycles. The molecule has 0 radical (unpaired) electrons. The maximum absolute atomic E-state index is 12.1. The SMILES string of the molecule is CCCCCCCCCN(CCOc1ccc(CC(CC)C(=O)OCC)cc1)c1ccccn1. The second kappa shape index (κ2) is 17.0. The smallest absolute Gasteiger partial charge is 0.309 e. The van der Waals surface area contributed by atoms with Crippen molar-refractivity contribution in [2.45, 2.75) is 78.6 Å². The minimum Gasteiger partial charge on any atom is -0.492 e. The summed E-state index contributed by atoms with van der Waals surface area (Å²) in [6, 6.07) is 14.2. The number of carbonyl (C=O) groups is 1. The Morgan fingerprint density at radius 2 is 1.65 bits per heavy atom. The number of esters is 1. The molecule has 0 N–H and O–H groups in total. The number of rotatable bonds is 18. The number of benzene rings is 1. The summed E-state index contributed by atoms with van der Waals surface area (Å²) in [5.74, 6) is 1.66. The normalized spacial score (nSPS) is 11.7. The molecule has 0 aliphatic heterocycles. The lowest BCUT2D eigenvalue weighted by Crippen LogP contribution is -2.30. The van der Waals surface area contributed by atoms with Crippen molar-refractivity contribution in [1.29, 1.82) is 0 Å². The molecule has 2 rings (SSSR count). The van der Waals surface area contributed by atoms with Crippen molar-refractivity contribution in [2.24, 2.45) is 5.92 Å². The topological polar surface area (TPSA) is 51.7 Å². The van der Waals surface area contributed by atoms with Gasteiger partial charge in [-0.15, -0.1) is 0 Å². The van der Waals surface area contributed by atoms with Crippen LogP contribution in [0, 0.1) is 5.92 Å². The summed E-state index contributed by atoms with van der Waals surface area (Å²) in [5.41, 5.74) is 1.13. The highest BCUT2D eigenvalue weighted by Gasteiger charge is 2.18. The van der Waals surface area contributed by atoms with E-state index in [1.54, 1.807) is 0 Å². The molecule has 2 aromatic rings. The Hall–Kier alpha value is -2.56. The minimum atomic E-state index is -0.110. The molecular weight excluding hydrogens is 424 g/mol. The highest BCUT2D eigenvalue weighted by molar-refractivity contribution is 5.72. The second-order valence-corrected chi connectivity index (χ2v) is 8.85. The summed E-state index contributed by atoms with van der Waals surface area (Å²) < 4.78 is 11.2. The van der Waals surface area contributed by atoms with Crippen molar-refractivity contribution in [2.75, 3.05) is 31.2 Å². The molecule has 5 nitrogen and oxygen atoms in total. The van der Waals surface area contributed by atoms with Crippen molar-refractivity contribution < 1.29 is 14.3 Å². The van der Waals surface area contributed by atoms with Crippen LogP contribution in [-0.4, -0.2) is 37.3 Å². The van der Waals surface area contributed by atoms with Gasteiger partial charge >= 0.3 is 5.97 Å². The lowest BCUT2D eigenvalue weighted by Gasteiger charge is -2.24. The molecule has 1 aromatic carbocycles. The van der Waals surface area contributed by atoms with E-state index in [4.69, 9.17) is 9.47 Å². The number of hydrogen-bond donors (Lipinski definition) is 0. The first-order chi connectivity index (χ1) is 16.7. The van der Waals surface area contributed by atoms with Crippen molar-refractivity contribution in [3.63, 3.8) is 0 Å². The Bertz CT molecular complexity index is 780. The highest BCUT2D eigenvalue weighted by atomic mass is 16.5.